The molecule has 2 rings (SSSR count). The van der Waals surface area contributed by atoms with Crippen LogP contribution in [0.1, 0.15) is 24.5 Å². The SMILES string of the molecule is C=CC1CCOC(c2ccccc2)C1. The van der Waals surface area contributed by atoms with E-state index in [1.807, 2.05) is 6.07 Å². The Hall–Kier alpha value is -1.08. The summed E-state index contributed by atoms with van der Waals surface area (Å²) in [7, 11) is 0. The van der Waals surface area contributed by atoms with E-state index in [1.54, 1.807) is 0 Å². The van der Waals surface area contributed by atoms with Crippen molar-refractivity contribution in [1.29, 1.82) is 0 Å². The van der Waals surface area contributed by atoms with Crippen LogP contribution in [0.15, 0.2) is 43.0 Å². The Kier molecular flexibility index (Phi) is 3.00. The summed E-state index contributed by atoms with van der Waals surface area (Å²) in [5, 5.41) is 0. The molecule has 0 aliphatic carbocycles. The molecular weight excluding hydrogens is 172 g/mol. The van der Waals surface area contributed by atoms with Gasteiger partial charge in [0.1, 0.15) is 0 Å². The molecule has 0 N–H and O–H groups in total. The number of allylic oxidation sites excluding steroid dienone is 1. The van der Waals surface area contributed by atoms with E-state index in [9.17, 15) is 0 Å². The van der Waals surface area contributed by atoms with Gasteiger partial charge in [0.05, 0.1) is 6.10 Å². The van der Waals surface area contributed by atoms with Gasteiger partial charge in [0.2, 0.25) is 0 Å². The molecule has 1 aromatic rings. The summed E-state index contributed by atoms with van der Waals surface area (Å²) in [6, 6.07) is 10.4. The summed E-state index contributed by atoms with van der Waals surface area (Å²) in [4.78, 5) is 0. The van der Waals surface area contributed by atoms with Crippen LogP contribution < -0.4 is 0 Å². The van der Waals surface area contributed by atoms with Gasteiger partial charge in [0.25, 0.3) is 0 Å². The van der Waals surface area contributed by atoms with E-state index < -0.39 is 0 Å². The molecule has 1 aromatic carbocycles. The fourth-order valence-corrected chi connectivity index (χ4v) is 1.94. The average molecular weight is 188 g/mol. The van der Waals surface area contributed by atoms with Gasteiger partial charge in [-0.15, -0.1) is 6.58 Å². The summed E-state index contributed by atoms with van der Waals surface area (Å²) in [6.45, 7) is 4.71. The third-order valence-electron chi connectivity index (χ3n) is 2.83. The highest BCUT2D eigenvalue weighted by Gasteiger charge is 2.21. The molecule has 0 radical (unpaired) electrons. The lowest BCUT2D eigenvalue weighted by Crippen LogP contribution is -2.18. The van der Waals surface area contributed by atoms with Crippen LogP contribution in [0.25, 0.3) is 0 Å². The van der Waals surface area contributed by atoms with Crippen molar-refractivity contribution in [3.63, 3.8) is 0 Å². The van der Waals surface area contributed by atoms with E-state index in [0.29, 0.717) is 5.92 Å². The Morgan fingerprint density at radius 3 is 2.79 bits per heavy atom. The highest BCUT2D eigenvalue weighted by atomic mass is 16.5. The van der Waals surface area contributed by atoms with Crippen molar-refractivity contribution in [3.05, 3.63) is 48.6 Å². The topological polar surface area (TPSA) is 9.23 Å². The number of benzene rings is 1. The Morgan fingerprint density at radius 1 is 1.29 bits per heavy atom. The van der Waals surface area contributed by atoms with Crippen molar-refractivity contribution in [2.45, 2.75) is 18.9 Å². The number of hydrogen-bond donors (Lipinski definition) is 0. The molecule has 1 saturated heterocycles. The first-order valence-corrected chi connectivity index (χ1v) is 5.19. The Morgan fingerprint density at radius 2 is 2.07 bits per heavy atom. The normalized spacial score (nSPS) is 27.1. The van der Waals surface area contributed by atoms with Gasteiger partial charge in [-0.1, -0.05) is 36.4 Å². The summed E-state index contributed by atoms with van der Waals surface area (Å²) in [5.74, 6) is 0.619. The van der Waals surface area contributed by atoms with Gasteiger partial charge in [0.15, 0.2) is 0 Å². The maximum Gasteiger partial charge on any atom is 0.0830 e. The predicted octanol–water partition coefficient (Wildman–Crippen LogP) is 3.34. The van der Waals surface area contributed by atoms with Crippen molar-refractivity contribution in [1.82, 2.24) is 0 Å². The molecule has 0 spiro atoms. The number of rotatable bonds is 2. The fraction of sp³-hybridized carbons (Fsp3) is 0.385. The minimum Gasteiger partial charge on any atom is -0.373 e. The van der Waals surface area contributed by atoms with Gasteiger partial charge in [-0.25, -0.2) is 0 Å². The van der Waals surface area contributed by atoms with Crippen LogP contribution in [-0.2, 0) is 4.74 Å². The second-order valence-electron chi connectivity index (χ2n) is 3.79. The van der Waals surface area contributed by atoms with E-state index in [4.69, 9.17) is 4.74 Å². The first-order valence-electron chi connectivity index (χ1n) is 5.19. The average Bonchev–Trinajstić information content (AvgIpc) is 2.30. The molecule has 2 atom stereocenters. The molecule has 1 aliphatic rings. The zero-order valence-corrected chi connectivity index (χ0v) is 8.36. The predicted molar refractivity (Wildman–Crippen MR) is 58.1 cm³/mol. The van der Waals surface area contributed by atoms with Crippen molar-refractivity contribution >= 4 is 0 Å². The molecule has 1 aliphatic heterocycles. The van der Waals surface area contributed by atoms with Crippen LogP contribution in [0.5, 0.6) is 0 Å². The lowest BCUT2D eigenvalue weighted by molar-refractivity contribution is -0.000621. The quantitative estimate of drug-likeness (QED) is 0.647. The highest BCUT2D eigenvalue weighted by Crippen LogP contribution is 2.31. The molecule has 1 nitrogen and oxygen atoms in total. The van der Waals surface area contributed by atoms with Gasteiger partial charge in [-0.3, -0.25) is 0 Å². The minimum atomic E-state index is 0.271. The standard InChI is InChI=1S/C13H16O/c1-2-11-8-9-14-13(10-11)12-6-4-3-5-7-12/h2-7,11,13H,1,8-10H2. The number of hydrogen-bond acceptors (Lipinski definition) is 1. The first-order chi connectivity index (χ1) is 6.90. The Bertz CT molecular complexity index is 291. The van der Waals surface area contributed by atoms with Crippen LogP contribution in [0.3, 0.4) is 0 Å². The van der Waals surface area contributed by atoms with E-state index >= 15 is 0 Å². The lowest BCUT2D eigenvalue weighted by Gasteiger charge is -2.27. The molecule has 1 fully saturated rings. The molecule has 0 bridgehead atoms. The van der Waals surface area contributed by atoms with Gasteiger partial charge in [0, 0.05) is 6.61 Å². The Labute approximate surface area is 85.4 Å². The van der Waals surface area contributed by atoms with Crippen molar-refractivity contribution < 1.29 is 4.74 Å². The third-order valence-corrected chi connectivity index (χ3v) is 2.83. The molecule has 1 heterocycles. The summed E-state index contributed by atoms with van der Waals surface area (Å²) < 4.78 is 5.75. The molecule has 74 valence electrons. The third kappa shape index (κ3) is 2.05. The molecule has 0 amide bonds. The van der Waals surface area contributed by atoms with Gasteiger partial charge < -0.3 is 4.74 Å². The van der Waals surface area contributed by atoms with Crippen LogP contribution in [-0.4, -0.2) is 6.61 Å². The monoisotopic (exact) mass is 188 g/mol. The van der Waals surface area contributed by atoms with Crippen molar-refractivity contribution in [3.8, 4) is 0 Å². The molecule has 2 unspecified atom stereocenters. The van der Waals surface area contributed by atoms with Crippen LogP contribution in [0, 0.1) is 5.92 Å². The van der Waals surface area contributed by atoms with Crippen LogP contribution >= 0.6 is 0 Å². The highest BCUT2D eigenvalue weighted by molar-refractivity contribution is 5.18. The summed E-state index contributed by atoms with van der Waals surface area (Å²) in [6.07, 6.45) is 4.52. The van der Waals surface area contributed by atoms with Gasteiger partial charge in [-0.2, -0.15) is 0 Å². The second kappa shape index (κ2) is 4.43. The van der Waals surface area contributed by atoms with Crippen LogP contribution in [0.4, 0.5) is 0 Å². The van der Waals surface area contributed by atoms with Crippen LogP contribution in [0.2, 0.25) is 0 Å². The molecule has 1 heteroatoms. The van der Waals surface area contributed by atoms with E-state index in [1.165, 1.54) is 5.56 Å². The molecular formula is C13H16O. The second-order valence-corrected chi connectivity index (χ2v) is 3.79. The maximum absolute atomic E-state index is 5.75. The van der Waals surface area contributed by atoms with E-state index in [-0.39, 0.29) is 6.10 Å². The Balaban J connectivity index is 2.08. The van der Waals surface area contributed by atoms with Crippen molar-refractivity contribution in [2.24, 2.45) is 5.92 Å². The lowest BCUT2D eigenvalue weighted by atomic mass is 9.92. The largest absolute Gasteiger partial charge is 0.373 e. The number of ether oxygens (including phenoxy) is 1. The zero-order valence-electron chi connectivity index (χ0n) is 8.36. The fourth-order valence-electron chi connectivity index (χ4n) is 1.94. The summed E-state index contributed by atoms with van der Waals surface area (Å²) >= 11 is 0. The molecule has 0 saturated carbocycles. The van der Waals surface area contributed by atoms with E-state index in [0.717, 1.165) is 19.4 Å². The summed E-state index contributed by atoms with van der Waals surface area (Å²) in [5.41, 5.74) is 1.29. The molecule has 0 aromatic heterocycles. The van der Waals surface area contributed by atoms with Gasteiger partial charge in [-0.05, 0) is 24.3 Å². The zero-order chi connectivity index (χ0) is 9.80. The molecule has 14 heavy (non-hydrogen) atoms. The smallest absolute Gasteiger partial charge is 0.0830 e. The van der Waals surface area contributed by atoms with Crippen molar-refractivity contribution in [2.75, 3.05) is 6.61 Å². The minimum absolute atomic E-state index is 0.271. The maximum atomic E-state index is 5.75. The van der Waals surface area contributed by atoms with E-state index in [2.05, 4.69) is 36.9 Å². The first kappa shape index (κ1) is 9.47. The van der Waals surface area contributed by atoms with Gasteiger partial charge >= 0.3 is 0 Å².